The van der Waals surface area contributed by atoms with Gasteiger partial charge in [0.2, 0.25) is 0 Å². The largest absolute Gasteiger partial charge is 0.445 e. The number of likely N-dealkylation sites (tertiary alicyclic amines) is 1. The minimum absolute atomic E-state index is 0.110. The van der Waals surface area contributed by atoms with E-state index in [9.17, 15) is 4.79 Å². The summed E-state index contributed by atoms with van der Waals surface area (Å²) in [5.41, 5.74) is 2.26. The van der Waals surface area contributed by atoms with Crippen LogP contribution in [0.5, 0.6) is 0 Å². The van der Waals surface area contributed by atoms with Crippen LogP contribution < -0.4 is 0 Å². The second-order valence-electron chi connectivity index (χ2n) is 7.00. The predicted octanol–water partition coefficient (Wildman–Crippen LogP) is 3.96. The Morgan fingerprint density at radius 3 is 2.19 bits per heavy atom. The molecular weight excluding hydrogens is 324 g/mol. The third kappa shape index (κ3) is 5.33. The van der Waals surface area contributed by atoms with Crippen molar-refractivity contribution in [2.24, 2.45) is 0 Å². The van der Waals surface area contributed by atoms with Crippen molar-refractivity contribution in [1.82, 2.24) is 9.80 Å². The molecule has 0 N–H and O–H groups in total. The molecule has 4 nitrogen and oxygen atoms in total. The number of hydrogen-bond acceptors (Lipinski definition) is 3. The van der Waals surface area contributed by atoms with Gasteiger partial charge in [0.05, 0.1) is 6.04 Å². The van der Waals surface area contributed by atoms with Crippen LogP contribution in [0.25, 0.3) is 0 Å². The van der Waals surface area contributed by atoms with Crippen molar-refractivity contribution >= 4 is 6.09 Å². The van der Waals surface area contributed by atoms with Crippen molar-refractivity contribution in [2.45, 2.75) is 31.9 Å². The minimum atomic E-state index is -0.256. The molecule has 1 heterocycles. The van der Waals surface area contributed by atoms with Gasteiger partial charge in [-0.25, -0.2) is 4.79 Å². The van der Waals surface area contributed by atoms with Crippen LogP contribution >= 0.6 is 0 Å². The number of benzene rings is 2. The van der Waals surface area contributed by atoms with Gasteiger partial charge >= 0.3 is 6.09 Å². The average molecular weight is 352 g/mol. The van der Waals surface area contributed by atoms with Crippen LogP contribution in [-0.4, -0.2) is 48.6 Å². The van der Waals surface area contributed by atoms with Crippen LogP contribution in [0.3, 0.4) is 0 Å². The van der Waals surface area contributed by atoms with E-state index < -0.39 is 0 Å². The van der Waals surface area contributed by atoms with Gasteiger partial charge in [-0.15, -0.1) is 0 Å². The monoisotopic (exact) mass is 352 g/mol. The van der Waals surface area contributed by atoms with E-state index in [1.807, 2.05) is 43.4 Å². The molecule has 0 saturated carbocycles. The number of ether oxygens (including phenoxy) is 1. The number of likely N-dealkylation sites (N-methyl/N-ethyl adjacent to an activating group) is 1. The molecule has 26 heavy (non-hydrogen) atoms. The Labute approximate surface area is 156 Å². The summed E-state index contributed by atoms with van der Waals surface area (Å²) in [5, 5.41) is 0. The smallest absolute Gasteiger partial charge is 0.410 e. The molecule has 0 spiro atoms. The molecule has 1 amide bonds. The fraction of sp³-hybridized carbons (Fsp3) is 0.409. The SMILES string of the molecule is CN(C(=O)OCc1ccccc1)C(Cc1ccccc1)CN1CCCC1. The fourth-order valence-electron chi connectivity index (χ4n) is 3.44. The van der Waals surface area contributed by atoms with Crippen LogP contribution in [0.15, 0.2) is 60.7 Å². The Balaban J connectivity index is 1.62. The second kappa shape index (κ2) is 9.39. The molecule has 1 fully saturated rings. The summed E-state index contributed by atoms with van der Waals surface area (Å²) < 4.78 is 5.54. The molecule has 2 aromatic carbocycles. The zero-order valence-electron chi connectivity index (χ0n) is 15.5. The lowest BCUT2D eigenvalue weighted by Gasteiger charge is -2.31. The van der Waals surface area contributed by atoms with Crippen molar-refractivity contribution in [3.05, 3.63) is 71.8 Å². The van der Waals surface area contributed by atoms with E-state index >= 15 is 0 Å². The Morgan fingerprint density at radius 2 is 1.58 bits per heavy atom. The summed E-state index contributed by atoms with van der Waals surface area (Å²) in [6, 6.07) is 20.3. The van der Waals surface area contributed by atoms with Gasteiger partial charge in [0.1, 0.15) is 6.61 Å². The summed E-state index contributed by atoms with van der Waals surface area (Å²) in [5.74, 6) is 0. The Bertz CT molecular complexity index is 669. The minimum Gasteiger partial charge on any atom is -0.445 e. The highest BCUT2D eigenvalue weighted by Gasteiger charge is 2.25. The molecule has 2 aromatic rings. The molecule has 0 bridgehead atoms. The molecule has 3 rings (SSSR count). The highest BCUT2D eigenvalue weighted by Crippen LogP contribution is 2.15. The van der Waals surface area contributed by atoms with Gasteiger partial charge in [-0.1, -0.05) is 60.7 Å². The molecule has 0 aromatic heterocycles. The lowest BCUT2D eigenvalue weighted by molar-refractivity contribution is 0.0835. The topological polar surface area (TPSA) is 32.8 Å². The third-order valence-corrected chi connectivity index (χ3v) is 5.02. The Kier molecular flexibility index (Phi) is 6.67. The normalized spacial score (nSPS) is 15.6. The quantitative estimate of drug-likeness (QED) is 0.756. The molecule has 138 valence electrons. The number of hydrogen-bond donors (Lipinski definition) is 0. The highest BCUT2D eigenvalue weighted by molar-refractivity contribution is 5.67. The lowest BCUT2D eigenvalue weighted by Crippen LogP contribution is -2.45. The van der Waals surface area contributed by atoms with Crippen LogP contribution in [0, 0.1) is 0 Å². The zero-order chi connectivity index (χ0) is 18.2. The molecule has 1 unspecified atom stereocenters. The van der Waals surface area contributed by atoms with E-state index in [4.69, 9.17) is 4.74 Å². The fourth-order valence-corrected chi connectivity index (χ4v) is 3.44. The first kappa shape index (κ1) is 18.5. The molecule has 1 atom stereocenters. The molecule has 4 heteroatoms. The maximum atomic E-state index is 12.6. The number of carbonyl (C=O) groups is 1. The number of amides is 1. The maximum absolute atomic E-state index is 12.6. The summed E-state index contributed by atoms with van der Waals surface area (Å²) >= 11 is 0. The van der Waals surface area contributed by atoms with E-state index in [-0.39, 0.29) is 12.1 Å². The molecule has 0 radical (unpaired) electrons. The predicted molar refractivity (Wildman–Crippen MR) is 104 cm³/mol. The van der Waals surface area contributed by atoms with Crippen molar-refractivity contribution < 1.29 is 9.53 Å². The maximum Gasteiger partial charge on any atom is 0.410 e. The van der Waals surface area contributed by atoms with Crippen molar-refractivity contribution in [1.29, 1.82) is 0 Å². The third-order valence-electron chi connectivity index (χ3n) is 5.02. The first-order valence-corrected chi connectivity index (χ1v) is 9.42. The van der Waals surface area contributed by atoms with Crippen LogP contribution in [0.2, 0.25) is 0 Å². The van der Waals surface area contributed by atoms with E-state index in [1.165, 1.54) is 18.4 Å². The van der Waals surface area contributed by atoms with Crippen LogP contribution in [0.4, 0.5) is 4.79 Å². The molecule has 0 aliphatic carbocycles. The standard InChI is InChI=1S/C22H28N2O2/c1-23(22(25)26-18-20-12-6-3-7-13-20)21(17-24-14-8-9-15-24)16-19-10-4-2-5-11-19/h2-7,10-13,21H,8-9,14-18H2,1H3. The van der Waals surface area contributed by atoms with E-state index in [1.54, 1.807) is 4.90 Å². The summed E-state index contributed by atoms with van der Waals surface area (Å²) in [7, 11) is 1.86. The summed E-state index contributed by atoms with van der Waals surface area (Å²) in [6.45, 7) is 3.45. The van der Waals surface area contributed by atoms with Crippen molar-refractivity contribution in [3.63, 3.8) is 0 Å². The van der Waals surface area contributed by atoms with Gasteiger partial charge in [0.15, 0.2) is 0 Å². The summed E-state index contributed by atoms with van der Waals surface area (Å²) in [4.78, 5) is 16.8. The van der Waals surface area contributed by atoms with Gasteiger partial charge < -0.3 is 14.5 Å². The first-order valence-electron chi connectivity index (χ1n) is 9.42. The number of nitrogens with zero attached hydrogens (tertiary/aromatic N) is 2. The van der Waals surface area contributed by atoms with Crippen LogP contribution in [-0.2, 0) is 17.8 Å². The highest BCUT2D eigenvalue weighted by atomic mass is 16.6. The average Bonchev–Trinajstić information content (AvgIpc) is 3.20. The van der Waals surface area contributed by atoms with Crippen molar-refractivity contribution in [3.8, 4) is 0 Å². The Morgan fingerprint density at radius 1 is 1.00 bits per heavy atom. The van der Waals surface area contributed by atoms with E-state index in [0.717, 1.165) is 31.6 Å². The second-order valence-corrected chi connectivity index (χ2v) is 7.00. The van der Waals surface area contributed by atoms with E-state index in [0.29, 0.717) is 6.61 Å². The van der Waals surface area contributed by atoms with E-state index in [2.05, 4.69) is 29.2 Å². The zero-order valence-corrected chi connectivity index (χ0v) is 15.5. The van der Waals surface area contributed by atoms with Gasteiger partial charge in [-0.3, -0.25) is 0 Å². The molecule has 1 aliphatic rings. The lowest BCUT2D eigenvalue weighted by atomic mass is 10.0. The Hall–Kier alpha value is -2.33. The first-order chi connectivity index (χ1) is 12.7. The van der Waals surface area contributed by atoms with Crippen molar-refractivity contribution in [2.75, 3.05) is 26.7 Å². The molecule has 1 aliphatic heterocycles. The van der Waals surface area contributed by atoms with Crippen LogP contribution in [0.1, 0.15) is 24.0 Å². The molecule has 1 saturated heterocycles. The number of carbonyl (C=O) groups excluding carboxylic acids is 1. The molecular formula is C22H28N2O2. The van der Waals surface area contributed by atoms with Gasteiger partial charge in [0, 0.05) is 13.6 Å². The van der Waals surface area contributed by atoms with Gasteiger partial charge in [-0.05, 0) is 43.5 Å². The summed E-state index contributed by atoms with van der Waals surface area (Å²) in [6.07, 6.45) is 3.09. The van der Waals surface area contributed by atoms with Gasteiger partial charge in [0.25, 0.3) is 0 Å². The number of rotatable bonds is 7. The van der Waals surface area contributed by atoms with Gasteiger partial charge in [-0.2, -0.15) is 0 Å².